The number of cyclic esters (lactones) is 2. The molecule has 0 aromatic heterocycles. The van der Waals surface area contributed by atoms with Gasteiger partial charge >= 0.3 is 11.9 Å². The van der Waals surface area contributed by atoms with Crippen LogP contribution in [0, 0.1) is 5.41 Å². The van der Waals surface area contributed by atoms with Crippen LogP contribution in [0.15, 0.2) is 12.2 Å². The molecule has 0 amide bonds. The van der Waals surface area contributed by atoms with Gasteiger partial charge in [0.2, 0.25) is 0 Å². The minimum atomic E-state index is -1.12. The molecule has 1 fully saturated rings. The summed E-state index contributed by atoms with van der Waals surface area (Å²) >= 11 is 0. The van der Waals surface area contributed by atoms with Crippen molar-refractivity contribution < 1.29 is 19.1 Å². The van der Waals surface area contributed by atoms with Gasteiger partial charge < -0.3 is 9.47 Å². The predicted molar refractivity (Wildman–Crippen MR) is 47.1 cm³/mol. The Bertz CT molecular complexity index is 297. The number of allylic oxidation sites excluding steroid dienone is 2. The molecule has 1 aliphatic heterocycles. The molecule has 14 heavy (non-hydrogen) atoms. The third-order valence-electron chi connectivity index (χ3n) is 2.56. The maximum absolute atomic E-state index is 11.7. The third-order valence-corrected chi connectivity index (χ3v) is 2.56. The molecule has 1 spiro atoms. The van der Waals surface area contributed by atoms with Crippen molar-refractivity contribution in [2.24, 2.45) is 5.41 Å². The lowest BCUT2D eigenvalue weighted by atomic mass is 9.84. The lowest BCUT2D eigenvalue weighted by Crippen LogP contribution is -2.52. The SMILES string of the molecule is CC1(C)OC(=O)C2(CC=CC2)C(=O)O1. The highest BCUT2D eigenvalue weighted by molar-refractivity contribution is 6.02. The van der Waals surface area contributed by atoms with E-state index in [9.17, 15) is 9.59 Å². The van der Waals surface area contributed by atoms with Gasteiger partial charge in [0.05, 0.1) is 0 Å². The van der Waals surface area contributed by atoms with Crippen LogP contribution in [0.25, 0.3) is 0 Å². The lowest BCUT2D eigenvalue weighted by molar-refractivity contribution is -0.250. The zero-order valence-electron chi connectivity index (χ0n) is 8.20. The first-order valence-corrected chi connectivity index (χ1v) is 4.58. The molecule has 0 aromatic carbocycles. The standard InChI is InChI=1S/C10H12O4/c1-9(2)13-7(11)10(8(12)14-9)5-3-4-6-10/h3-4H,5-6H2,1-2H3. The molecule has 76 valence electrons. The van der Waals surface area contributed by atoms with E-state index in [4.69, 9.17) is 9.47 Å². The number of hydrogen-bond donors (Lipinski definition) is 0. The van der Waals surface area contributed by atoms with Crippen LogP contribution >= 0.6 is 0 Å². The molecule has 2 aliphatic rings. The van der Waals surface area contributed by atoms with E-state index in [2.05, 4.69) is 0 Å². The van der Waals surface area contributed by atoms with Crippen LogP contribution in [0.5, 0.6) is 0 Å². The summed E-state index contributed by atoms with van der Waals surface area (Å²) in [4.78, 5) is 23.4. The number of esters is 2. The molecule has 2 rings (SSSR count). The maximum atomic E-state index is 11.7. The Morgan fingerprint density at radius 3 is 1.93 bits per heavy atom. The van der Waals surface area contributed by atoms with Crippen LogP contribution in [-0.2, 0) is 19.1 Å². The predicted octanol–water partition coefficient (Wildman–Crippen LogP) is 1.16. The Kier molecular flexibility index (Phi) is 1.71. The molecule has 1 saturated heterocycles. The molecular weight excluding hydrogens is 184 g/mol. The highest BCUT2D eigenvalue weighted by Crippen LogP contribution is 2.41. The smallest absolute Gasteiger partial charge is 0.327 e. The van der Waals surface area contributed by atoms with Gasteiger partial charge in [-0.1, -0.05) is 12.2 Å². The second-order valence-electron chi connectivity index (χ2n) is 4.14. The second kappa shape index (κ2) is 2.59. The monoisotopic (exact) mass is 196 g/mol. The first kappa shape index (κ1) is 9.24. The maximum Gasteiger partial charge on any atom is 0.327 e. The van der Waals surface area contributed by atoms with E-state index < -0.39 is 23.1 Å². The number of ether oxygens (including phenoxy) is 2. The summed E-state index contributed by atoms with van der Waals surface area (Å²) in [5.41, 5.74) is -1.09. The summed E-state index contributed by atoms with van der Waals surface area (Å²) in [6.07, 6.45) is 4.39. The number of hydrogen-bond acceptors (Lipinski definition) is 4. The van der Waals surface area contributed by atoms with Crippen molar-refractivity contribution in [3.8, 4) is 0 Å². The first-order valence-electron chi connectivity index (χ1n) is 4.58. The summed E-state index contributed by atoms with van der Waals surface area (Å²) in [7, 11) is 0. The Morgan fingerprint density at radius 2 is 1.50 bits per heavy atom. The van der Waals surface area contributed by atoms with Crippen molar-refractivity contribution in [3.05, 3.63) is 12.2 Å². The summed E-state index contributed by atoms with van der Waals surface area (Å²) in [5, 5.41) is 0. The summed E-state index contributed by atoms with van der Waals surface area (Å²) < 4.78 is 10.1. The van der Waals surface area contributed by atoms with Crippen LogP contribution in [-0.4, -0.2) is 17.7 Å². The van der Waals surface area contributed by atoms with Gasteiger partial charge in [-0.15, -0.1) is 0 Å². The van der Waals surface area contributed by atoms with Crippen LogP contribution in [0.4, 0.5) is 0 Å². The third kappa shape index (κ3) is 1.14. The summed E-state index contributed by atoms with van der Waals surface area (Å²) in [5.74, 6) is -2.06. The Morgan fingerprint density at radius 1 is 1.07 bits per heavy atom. The van der Waals surface area contributed by atoms with Crippen LogP contribution in [0.1, 0.15) is 26.7 Å². The minimum Gasteiger partial charge on any atom is -0.422 e. The quantitative estimate of drug-likeness (QED) is 0.331. The van der Waals surface area contributed by atoms with Gasteiger partial charge in [0.1, 0.15) is 0 Å². The van der Waals surface area contributed by atoms with Crippen molar-refractivity contribution >= 4 is 11.9 Å². The van der Waals surface area contributed by atoms with Crippen molar-refractivity contribution in [2.75, 3.05) is 0 Å². The van der Waals surface area contributed by atoms with Crippen molar-refractivity contribution in [1.82, 2.24) is 0 Å². The lowest BCUT2D eigenvalue weighted by Gasteiger charge is -2.38. The molecule has 0 bridgehead atoms. The first-order chi connectivity index (χ1) is 6.46. The van der Waals surface area contributed by atoms with Gasteiger partial charge in [-0.2, -0.15) is 0 Å². The molecule has 0 N–H and O–H groups in total. The van der Waals surface area contributed by atoms with E-state index >= 15 is 0 Å². The topological polar surface area (TPSA) is 52.6 Å². The van der Waals surface area contributed by atoms with Crippen LogP contribution in [0.2, 0.25) is 0 Å². The van der Waals surface area contributed by atoms with Gasteiger partial charge in [-0.25, -0.2) is 0 Å². The molecule has 0 unspecified atom stereocenters. The summed E-state index contributed by atoms with van der Waals surface area (Å²) in [6.45, 7) is 3.11. The summed E-state index contributed by atoms with van der Waals surface area (Å²) in [6, 6.07) is 0. The molecule has 1 heterocycles. The molecule has 4 heteroatoms. The highest BCUT2D eigenvalue weighted by Gasteiger charge is 2.56. The Labute approximate surface area is 81.9 Å². The Balaban J connectivity index is 2.29. The molecule has 0 atom stereocenters. The van der Waals surface area contributed by atoms with E-state index in [1.807, 2.05) is 0 Å². The van der Waals surface area contributed by atoms with Crippen molar-refractivity contribution in [2.45, 2.75) is 32.5 Å². The van der Waals surface area contributed by atoms with Gasteiger partial charge in [-0.05, 0) is 12.8 Å². The van der Waals surface area contributed by atoms with Gasteiger partial charge in [0.15, 0.2) is 5.41 Å². The molecule has 0 aromatic rings. The fraction of sp³-hybridized carbons (Fsp3) is 0.600. The van der Waals surface area contributed by atoms with Crippen LogP contribution in [0.3, 0.4) is 0 Å². The number of rotatable bonds is 0. The van der Waals surface area contributed by atoms with E-state index in [1.165, 1.54) is 0 Å². The molecule has 0 radical (unpaired) electrons. The minimum absolute atomic E-state index is 0.390. The average Bonchev–Trinajstić information content (AvgIpc) is 2.48. The fourth-order valence-electron chi connectivity index (χ4n) is 1.73. The van der Waals surface area contributed by atoms with Crippen molar-refractivity contribution in [1.29, 1.82) is 0 Å². The largest absolute Gasteiger partial charge is 0.422 e. The molecule has 4 nitrogen and oxygen atoms in total. The average molecular weight is 196 g/mol. The highest BCUT2D eigenvalue weighted by atomic mass is 16.7. The Hall–Kier alpha value is -1.32. The van der Waals surface area contributed by atoms with Gasteiger partial charge in [-0.3, -0.25) is 9.59 Å². The van der Waals surface area contributed by atoms with E-state index in [-0.39, 0.29) is 0 Å². The van der Waals surface area contributed by atoms with Crippen molar-refractivity contribution in [3.63, 3.8) is 0 Å². The zero-order chi connectivity index (χ0) is 10.4. The fourth-order valence-corrected chi connectivity index (χ4v) is 1.73. The van der Waals surface area contributed by atoms with Crippen LogP contribution < -0.4 is 0 Å². The molecular formula is C10H12O4. The van der Waals surface area contributed by atoms with Gasteiger partial charge in [0, 0.05) is 13.8 Å². The number of carbonyl (C=O) groups is 2. The number of carbonyl (C=O) groups excluding carboxylic acids is 2. The second-order valence-corrected chi connectivity index (χ2v) is 4.14. The van der Waals surface area contributed by atoms with E-state index in [0.29, 0.717) is 12.8 Å². The normalized spacial score (nSPS) is 27.6. The van der Waals surface area contributed by atoms with E-state index in [1.54, 1.807) is 26.0 Å². The molecule has 1 aliphatic carbocycles. The van der Waals surface area contributed by atoms with Gasteiger partial charge in [0.25, 0.3) is 5.79 Å². The molecule has 0 saturated carbocycles. The zero-order valence-corrected chi connectivity index (χ0v) is 8.20. The van der Waals surface area contributed by atoms with E-state index in [0.717, 1.165) is 0 Å².